The van der Waals surface area contributed by atoms with E-state index in [9.17, 15) is 4.79 Å². The molecule has 1 aromatic heterocycles. The lowest BCUT2D eigenvalue weighted by Gasteiger charge is -2.29. The van der Waals surface area contributed by atoms with Crippen LogP contribution in [0.25, 0.3) is 22.2 Å². The van der Waals surface area contributed by atoms with Crippen LogP contribution in [0.5, 0.6) is 0 Å². The molecule has 2 atom stereocenters. The maximum atomic E-state index is 13.6. The van der Waals surface area contributed by atoms with Crippen LogP contribution in [0.1, 0.15) is 40.4 Å². The first-order valence-electron chi connectivity index (χ1n) is 11.2. The molecule has 2 aliphatic rings. The summed E-state index contributed by atoms with van der Waals surface area (Å²) in [5.74, 6) is 0.0459. The van der Waals surface area contributed by atoms with Crippen LogP contribution < -0.4 is 0 Å². The van der Waals surface area contributed by atoms with Crippen molar-refractivity contribution in [2.45, 2.75) is 25.0 Å². The smallest absolute Gasteiger partial charge is 0.255 e. The van der Waals surface area contributed by atoms with Crippen LogP contribution in [-0.2, 0) is 4.74 Å². The fourth-order valence-electron chi connectivity index (χ4n) is 5.23. The fraction of sp³-hybridized carbons (Fsp3) is 0.222. The van der Waals surface area contributed by atoms with Crippen molar-refractivity contribution in [1.82, 2.24) is 9.88 Å². The molecule has 4 aromatic rings. The zero-order valence-electron chi connectivity index (χ0n) is 17.9. The SMILES string of the molecule is O=C1c2ccccc2[C@@H](c2c(-c3ccc(Cl)cc3Cl)[nH]c3ccccc23)N1C[C@H]1CCCO1. The Morgan fingerprint density at radius 2 is 1.82 bits per heavy atom. The summed E-state index contributed by atoms with van der Waals surface area (Å²) in [6.07, 6.45) is 2.05. The molecule has 33 heavy (non-hydrogen) atoms. The van der Waals surface area contributed by atoms with Gasteiger partial charge in [-0.25, -0.2) is 0 Å². The van der Waals surface area contributed by atoms with Gasteiger partial charge in [-0.3, -0.25) is 4.79 Å². The number of benzene rings is 3. The van der Waals surface area contributed by atoms with Gasteiger partial charge in [-0.2, -0.15) is 0 Å². The van der Waals surface area contributed by atoms with Crippen LogP contribution in [-0.4, -0.2) is 35.0 Å². The van der Waals surface area contributed by atoms with Crippen LogP contribution in [0.3, 0.4) is 0 Å². The van der Waals surface area contributed by atoms with E-state index in [-0.39, 0.29) is 18.1 Å². The van der Waals surface area contributed by atoms with E-state index >= 15 is 0 Å². The van der Waals surface area contributed by atoms with Crippen molar-refractivity contribution in [2.75, 3.05) is 13.2 Å². The molecule has 1 amide bonds. The van der Waals surface area contributed by atoms with Gasteiger partial charge < -0.3 is 14.6 Å². The zero-order chi connectivity index (χ0) is 22.5. The highest BCUT2D eigenvalue weighted by Gasteiger charge is 2.41. The number of fused-ring (bicyclic) bond motifs is 2. The molecule has 3 aromatic carbocycles. The monoisotopic (exact) mass is 476 g/mol. The Bertz CT molecular complexity index is 1370. The van der Waals surface area contributed by atoms with E-state index in [1.165, 1.54) is 0 Å². The number of nitrogens with zero attached hydrogens (tertiary/aromatic N) is 1. The predicted molar refractivity (Wildman–Crippen MR) is 132 cm³/mol. The molecule has 0 aliphatic carbocycles. The van der Waals surface area contributed by atoms with E-state index in [2.05, 4.69) is 23.2 Å². The average molecular weight is 477 g/mol. The predicted octanol–water partition coefficient (Wildman–Crippen LogP) is 6.87. The lowest BCUT2D eigenvalue weighted by Crippen LogP contribution is -2.35. The van der Waals surface area contributed by atoms with Crippen LogP contribution in [0.15, 0.2) is 66.7 Å². The Balaban J connectivity index is 1.59. The molecule has 1 fully saturated rings. The van der Waals surface area contributed by atoms with Crippen molar-refractivity contribution in [1.29, 1.82) is 0 Å². The summed E-state index contributed by atoms with van der Waals surface area (Å²) in [5.41, 5.74) is 5.58. The van der Waals surface area contributed by atoms with Crippen LogP contribution in [0, 0.1) is 0 Å². The van der Waals surface area contributed by atoms with Crippen molar-refractivity contribution in [2.24, 2.45) is 0 Å². The first-order valence-corrected chi connectivity index (χ1v) is 11.9. The zero-order valence-corrected chi connectivity index (χ0v) is 19.4. The van der Waals surface area contributed by atoms with E-state index in [0.29, 0.717) is 16.6 Å². The molecule has 1 N–H and O–H groups in total. The van der Waals surface area contributed by atoms with E-state index < -0.39 is 0 Å². The van der Waals surface area contributed by atoms with Crippen LogP contribution >= 0.6 is 23.2 Å². The second-order valence-corrected chi connectivity index (χ2v) is 9.51. The molecule has 2 aliphatic heterocycles. The number of nitrogens with one attached hydrogen (secondary N) is 1. The summed E-state index contributed by atoms with van der Waals surface area (Å²) in [6.45, 7) is 1.31. The number of amides is 1. The molecule has 6 rings (SSSR count). The topological polar surface area (TPSA) is 45.3 Å². The highest BCUT2D eigenvalue weighted by Crippen LogP contribution is 2.47. The molecule has 0 unspecified atom stereocenters. The molecular formula is C27H22Cl2N2O2. The maximum Gasteiger partial charge on any atom is 0.255 e. The minimum atomic E-state index is -0.240. The second kappa shape index (κ2) is 8.21. The second-order valence-electron chi connectivity index (χ2n) is 8.67. The third-order valence-corrected chi connectivity index (χ3v) is 7.25. The summed E-state index contributed by atoms with van der Waals surface area (Å²) >= 11 is 12.9. The first kappa shape index (κ1) is 20.8. The number of aromatic nitrogens is 1. The van der Waals surface area contributed by atoms with E-state index in [4.69, 9.17) is 27.9 Å². The first-order chi connectivity index (χ1) is 16.1. The summed E-state index contributed by atoms with van der Waals surface area (Å²) in [4.78, 5) is 19.2. The van der Waals surface area contributed by atoms with Gasteiger partial charge in [-0.15, -0.1) is 0 Å². The number of carbonyl (C=O) groups excluding carboxylic acids is 1. The van der Waals surface area contributed by atoms with Crippen molar-refractivity contribution in [3.8, 4) is 11.3 Å². The Hall–Kier alpha value is -2.79. The molecule has 6 heteroatoms. The summed E-state index contributed by atoms with van der Waals surface area (Å²) < 4.78 is 5.92. The molecule has 0 radical (unpaired) electrons. The van der Waals surface area contributed by atoms with Gasteiger partial charge in [0.2, 0.25) is 0 Å². The highest BCUT2D eigenvalue weighted by molar-refractivity contribution is 6.36. The Kier molecular flexibility index (Phi) is 5.17. The number of hydrogen-bond acceptors (Lipinski definition) is 2. The average Bonchev–Trinajstić information content (AvgIpc) is 3.52. The number of ether oxygens (including phenoxy) is 1. The Morgan fingerprint density at radius 3 is 2.64 bits per heavy atom. The van der Waals surface area contributed by atoms with Crippen LogP contribution in [0.4, 0.5) is 0 Å². The highest BCUT2D eigenvalue weighted by atomic mass is 35.5. The van der Waals surface area contributed by atoms with Crippen molar-refractivity contribution in [3.63, 3.8) is 0 Å². The molecule has 0 spiro atoms. The summed E-state index contributed by atoms with van der Waals surface area (Å²) in [7, 11) is 0. The molecule has 0 saturated carbocycles. The minimum absolute atomic E-state index is 0.0459. The van der Waals surface area contributed by atoms with Gasteiger partial charge >= 0.3 is 0 Å². The minimum Gasteiger partial charge on any atom is -0.376 e. The number of halogens is 2. The van der Waals surface area contributed by atoms with Crippen molar-refractivity contribution in [3.05, 3.63) is 93.5 Å². The Labute approximate surface area is 202 Å². The van der Waals surface area contributed by atoms with Gasteiger partial charge in [0.15, 0.2) is 0 Å². The summed E-state index contributed by atoms with van der Waals surface area (Å²) in [6, 6.07) is 21.4. The third kappa shape index (κ3) is 3.45. The Morgan fingerprint density at radius 1 is 1.00 bits per heavy atom. The standard InChI is InChI=1S/C27H22Cl2N2O2/c28-16-11-12-20(22(29)14-16)25-24(21-9-3-4-10-23(21)30-25)26-18-7-1-2-8-19(18)27(32)31(26)15-17-6-5-13-33-17/h1-4,7-12,14,17,26,30H,5-6,13,15H2/t17-,26+/m1/s1. The van der Waals surface area contributed by atoms with E-state index in [0.717, 1.165) is 58.3 Å². The molecule has 4 nitrogen and oxygen atoms in total. The molecule has 0 bridgehead atoms. The largest absolute Gasteiger partial charge is 0.376 e. The van der Waals surface area contributed by atoms with Gasteiger partial charge in [0.05, 0.1) is 22.9 Å². The number of rotatable bonds is 4. The lowest BCUT2D eigenvalue weighted by atomic mass is 9.93. The van der Waals surface area contributed by atoms with Gasteiger partial charge in [-0.1, -0.05) is 59.6 Å². The van der Waals surface area contributed by atoms with Crippen molar-refractivity contribution >= 4 is 40.0 Å². The number of aromatic amines is 1. The fourth-order valence-corrected chi connectivity index (χ4v) is 5.73. The number of H-pyrrole nitrogens is 1. The summed E-state index contributed by atoms with van der Waals surface area (Å²) in [5, 5.41) is 2.23. The number of carbonyl (C=O) groups is 1. The van der Waals surface area contributed by atoms with Gasteiger partial charge in [0.25, 0.3) is 5.91 Å². The molecule has 166 valence electrons. The van der Waals surface area contributed by atoms with Gasteiger partial charge in [0.1, 0.15) is 0 Å². The quantitative estimate of drug-likeness (QED) is 0.349. The van der Waals surface area contributed by atoms with Gasteiger partial charge in [0, 0.05) is 45.8 Å². The molecule has 3 heterocycles. The van der Waals surface area contributed by atoms with Crippen molar-refractivity contribution < 1.29 is 9.53 Å². The normalized spacial score (nSPS) is 20.1. The van der Waals surface area contributed by atoms with Crippen LogP contribution in [0.2, 0.25) is 10.0 Å². The number of hydrogen-bond donors (Lipinski definition) is 1. The number of para-hydroxylation sites is 1. The molecular weight excluding hydrogens is 455 g/mol. The van der Waals surface area contributed by atoms with Gasteiger partial charge in [-0.05, 0) is 48.7 Å². The van der Waals surface area contributed by atoms with E-state index in [1.807, 2.05) is 47.4 Å². The van der Waals surface area contributed by atoms with E-state index in [1.54, 1.807) is 6.07 Å². The maximum absolute atomic E-state index is 13.6. The molecule has 1 saturated heterocycles. The lowest BCUT2D eigenvalue weighted by molar-refractivity contribution is 0.0501. The third-order valence-electron chi connectivity index (χ3n) is 6.70.